The van der Waals surface area contributed by atoms with E-state index in [-0.39, 0.29) is 17.9 Å². The van der Waals surface area contributed by atoms with Gasteiger partial charge in [-0.05, 0) is 52.9 Å². The number of alkyl halides is 3. The first-order valence-corrected chi connectivity index (χ1v) is 10.8. The van der Waals surface area contributed by atoms with Crippen LogP contribution in [0.5, 0.6) is 0 Å². The quantitative estimate of drug-likeness (QED) is 0.561. The van der Waals surface area contributed by atoms with Gasteiger partial charge in [-0.2, -0.15) is 13.2 Å². The topological polar surface area (TPSA) is 58.1 Å². The zero-order chi connectivity index (χ0) is 23.6. The van der Waals surface area contributed by atoms with Crippen molar-refractivity contribution in [1.82, 2.24) is 20.2 Å². The van der Waals surface area contributed by atoms with E-state index in [0.717, 1.165) is 34.5 Å². The van der Waals surface area contributed by atoms with Gasteiger partial charge < -0.3 is 5.32 Å². The van der Waals surface area contributed by atoms with Gasteiger partial charge in [-0.25, -0.2) is 0 Å². The summed E-state index contributed by atoms with van der Waals surface area (Å²) in [6, 6.07) is 10.9. The second-order valence-corrected chi connectivity index (χ2v) is 8.60. The van der Waals surface area contributed by atoms with E-state index in [9.17, 15) is 18.0 Å². The molecule has 0 aliphatic carbocycles. The number of carbonyl (C=O) groups is 1. The third kappa shape index (κ3) is 5.22. The van der Waals surface area contributed by atoms with Crippen LogP contribution in [0, 0.1) is 5.92 Å². The SMILES string of the molecule is CC(C)[C@H]1c2ncc(C(=O)NCc3ccncc3)cc2CN1Cc1ccc(C(F)(F)F)cc1. The van der Waals surface area contributed by atoms with Crippen LogP contribution in [0.15, 0.2) is 61.1 Å². The first kappa shape index (κ1) is 22.9. The van der Waals surface area contributed by atoms with Crippen LogP contribution in [-0.4, -0.2) is 20.8 Å². The summed E-state index contributed by atoms with van der Waals surface area (Å²) in [5.41, 5.74) is 3.48. The van der Waals surface area contributed by atoms with Crippen molar-refractivity contribution in [3.05, 3.63) is 94.6 Å². The summed E-state index contributed by atoms with van der Waals surface area (Å²) in [7, 11) is 0. The van der Waals surface area contributed by atoms with Crippen molar-refractivity contribution in [2.24, 2.45) is 5.92 Å². The van der Waals surface area contributed by atoms with Gasteiger partial charge in [0.05, 0.1) is 22.9 Å². The lowest BCUT2D eigenvalue weighted by molar-refractivity contribution is -0.137. The molecule has 4 rings (SSSR count). The van der Waals surface area contributed by atoms with Crippen LogP contribution >= 0.6 is 0 Å². The Kier molecular flexibility index (Phi) is 6.47. The minimum absolute atomic E-state index is 0.0243. The van der Waals surface area contributed by atoms with Crippen molar-refractivity contribution in [2.75, 3.05) is 0 Å². The Morgan fingerprint density at radius 2 is 1.82 bits per heavy atom. The van der Waals surface area contributed by atoms with Gasteiger partial charge in [0, 0.05) is 38.2 Å². The molecule has 3 aromatic rings. The molecule has 0 spiro atoms. The van der Waals surface area contributed by atoms with Gasteiger partial charge in [0.1, 0.15) is 0 Å². The molecule has 2 aromatic heterocycles. The summed E-state index contributed by atoms with van der Waals surface area (Å²) in [5, 5.41) is 2.90. The molecule has 1 aromatic carbocycles. The summed E-state index contributed by atoms with van der Waals surface area (Å²) in [4.78, 5) is 23.4. The second kappa shape index (κ2) is 9.31. The molecule has 0 bridgehead atoms. The van der Waals surface area contributed by atoms with E-state index in [1.807, 2.05) is 18.2 Å². The van der Waals surface area contributed by atoms with Crippen molar-refractivity contribution >= 4 is 5.91 Å². The minimum Gasteiger partial charge on any atom is -0.348 e. The van der Waals surface area contributed by atoms with Gasteiger partial charge in [-0.15, -0.1) is 0 Å². The number of nitrogens with one attached hydrogen (secondary N) is 1. The van der Waals surface area contributed by atoms with Crippen molar-refractivity contribution in [3.63, 3.8) is 0 Å². The number of benzene rings is 1. The number of nitrogens with zero attached hydrogens (tertiary/aromatic N) is 3. The first-order chi connectivity index (χ1) is 15.7. The maximum Gasteiger partial charge on any atom is 0.416 e. The Morgan fingerprint density at radius 3 is 2.45 bits per heavy atom. The van der Waals surface area contributed by atoms with Gasteiger partial charge in [0.2, 0.25) is 0 Å². The molecule has 8 heteroatoms. The maximum absolute atomic E-state index is 12.9. The number of hydrogen-bond acceptors (Lipinski definition) is 4. The summed E-state index contributed by atoms with van der Waals surface area (Å²) < 4.78 is 38.6. The van der Waals surface area contributed by atoms with Gasteiger partial charge in [0.15, 0.2) is 0 Å². The molecule has 1 N–H and O–H groups in total. The number of halogens is 3. The Hall–Kier alpha value is -3.26. The van der Waals surface area contributed by atoms with Crippen molar-refractivity contribution < 1.29 is 18.0 Å². The average Bonchev–Trinajstić information content (AvgIpc) is 3.15. The lowest BCUT2D eigenvalue weighted by Crippen LogP contribution is -2.25. The lowest BCUT2D eigenvalue weighted by Gasteiger charge is -2.27. The summed E-state index contributed by atoms with van der Waals surface area (Å²) in [6.45, 7) is 5.67. The van der Waals surface area contributed by atoms with E-state index in [0.29, 0.717) is 25.2 Å². The highest BCUT2D eigenvalue weighted by molar-refractivity contribution is 5.94. The van der Waals surface area contributed by atoms with Crippen molar-refractivity contribution in [2.45, 2.75) is 45.7 Å². The van der Waals surface area contributed by atoms with Gasteiger partial charge in [-0.3, -0.25) is 19.7 Å². The second-order valence-electron chi connectivity index (χ2n) is 8.60. The fourth-order valence-corrected chi connectivity index (χ4v) is 4.24. The van der Waals surface area contributed by atoms with Crippen LogP contribution in [0.3, 0.4) is 0 Å². The molecule has 1 aliphatic rings. The third-order valence-corrected chi connectivity index (χ3v) is 5.81. The van der Waals surface area contributed by atoms with E-state index < -0.39 is 11.7 Å². The summed E-state index contributed by atoms with van der Waals surface area (Å²) in [5.74, 6) is 0.0453. The molecule has 1 atom stereocenters. The fourth-order valence-electron chi connectivity index (χ4n) is 4.24. The van der Waals surface area contributed by atoms with E-state index in [2.05, 4.69) is 34.0 Å². The molecule has 3 heterocycles. The monoisotopic (exact) mass is 454 g/mol. The van der Waals surface area contributed by atoms with Crippen LogP contribution < -0.4 is 5.32 Å². The Bertz CT molecular complexity index is 1110. The fraction of sp³-hybridized carbons (Fsp3) is 0.320. The number of rotatable bonds is 6. The number of pyridine rings is 2. The lowest BCUT2D eigenvalue weighted by atomic mass is 9.99. The number of amides is 1. The highest BCUT2D eigenvalue weighted by Gasteiger charge is 2.35. The molecule has 0 saturated carbocycles. The molecule has 0 saturated heterocycles. The van der Waals surface area contributed by atoms with E-state index in [4.69, 9.17) is 0 Å². The predicted molar refractivity (Wildman–Crippen MR) is 118 cm³/mol. The Morgan fingerprint density at radius 1 is 1.12 bits per heavy atom. The van der Waals surface area contributed by atoms with E-state index >= 15 is 0 Å². The van der Waals surface area contributed by atoms with Crippen LogP contribution in [-0.2, 0) is 25.8 Å². The normalized spacial score (nSPS) is 16.1. The average molecular weight is 454 g/mol. The van der Waals surface area contributed by atoms with E-state index in [1.54, 1.807) is 18.6 Å². The summed E-state index contributed by atoms with van der Waals surface area (Å²) >= 11 is 0. The van der Waals surface area contributed by atoms with Gasteiger partial charge in [-0.1, -0.05) is 26.0 Å². The molecule has 1 amide bonds. The summed E-state index contributed by atoms with van der Waals surface area (Å²) in [6.07, 6.45) is 0.602. The molecule has 0 radical (unpaired) electrons. The number of aromatic nitrogens is 2. The van der Waals surface area contributed by atoms with Crippen LogP contribution in [0.1, 0.15) is 58.2 Å². The Balaban J connectivity index is 1.48. The molecule has 33 heavy (non-hydrogen) atoms. The highest BCUT2D eigenvalue weighted by Crippen LogP contribution is 2.39. The van der Waals surface area contributed by atoms with Crippen LogP contribution in [0.2, 0.25) is 0 Å². The maximum atomic E-state index is 12.9. The predicted octanol–water partition coefficient (Wildman–Crippen LogP) is 5.14. The highest BCUT2D eigenvalue weighted by atomic mass is 19.4. The van der Waals surface area contributed by atoms with Crippen LogP contribution in [0.4, 0.5) is 13.2 Å². The Labute approximate surface area is 190 Å². The molecule has 172 valence electrons. The molecule has 1 aliphatic heterocycles. The molecular formula is C25H25F3N4O. The zero-order valence-electron chi connectivity index (χ0n) is 18.4. The number of carbonyl (C=O) groups excluding carboxylic acids is 1. The zero-order valence-corrected chi connectivity index (χ0v) is 18.4. The first-order valence-electron chi connectivity index (χ1n) is 10.8. The van der Waals surface area contributed by atoms with Gasteiger partial charge in [0.25, 0.3) is 5.91 Å². The van der Waals surface area contributed by atoms with Crippen molar-refractivity contribution in [1.29, 1.82) is 0 Å². The number of hydrogen-bond donors (Lipinski definition) is 1. The van der Waals surface area contributed by atoms with Gasteiger partial charge >= 0.3 is 6.18 Å². The van der Waals surface area contributed by atoms with Crippen LogP contribution in [0.25, 0.3) is 0 Å². The standard InChI is InChI=1S/C25H25F3N4O/c1-16(2)23-22-20(15-32(23)14-18-3-5-21(6-4-18)25(26,27)28)11-19(13-30-22)24(33)31-12-17-7-9-29-10-8-17/h3-11,13,16,23H,12,14-15H2,1-2H3,(H,31,33)/t23-/m0/s1. The molecular weight excluding hydrogens is 429 g/mol. The largest absolute Gasteiger partial charge is 0.416 e. The van der Waals surface area contributed by atoms with E-state index in [1.165, 1.54) is 12.1 Å². The van der Waals surface area contributed by atoms with Crippen molar-refractivity contribution in [3.8, 4) is 0 Å². The molecule has 0 unspecified atom stereocenters. The molecule has 0 fully saturated rings. The third-order valence-electron chi connectivity index (χ3n) is 5.81. The molecule has 5 nitrogen and oxygen atoms in total. The minimum atomic E-state index is -4.35. The number of fused-ring (bicyclic) bond motifs is 1. The smallest absolute Gasteiger partial charge is 0.348 e.